The van der Waals surface area contributed by atoms with Crippen LogP contribution in [-0.4, -0.2) is 37.2 Å². The third-order valence-corrected chi connectivity index (χ3v) is 9.11. The first kappa shape index (κ1) is 45.4. The summed E-state index contributed by atoms with van der Waals surface area (Å²) in [6.07, 6.45) is 35.2. The van der Waals surface area contributed by atoms with Gasteiger partial charge in [0, 0.05) is 19.3 Å². The van der Waals surface area contributed by atoms with Crippen LogP contribution in [0.25, 0.3) is 0 Å². The van der Waals surface area contributed by atoms with Crippen molar-refractivity contribution in [3.8, 4) is 0 Å². The Morgan fingerprint density at radius 1 is 0.340 bits per heavy atom. The summed E-state index contributed by atoms with van der Waals surface area (Å²) in [5.74, 6) is -0.866. The highest BCUT2D eigenvalue weighted by Gasteiger charge is 2.19. The predicted molar refractivity (Wildman–Crippen MR) is 197 cm³/mol. The van der Waals surface area contributed by atoms with Gasteiger partial charge in [0.15, 0.2) is 6.10 Å². The average Bonchev–Trinajstić information content (AvgIpc) is 3.06. The molecule has 47 heavy (non-hydrogen) atoms. The molecule has 6 heteroatoms. The van der Waals surface area contributed by atoms with Gasteiger partial charge in [0.1, 0.15) is 13.2 Å². The van der Waals surface area contributed by atoms with E-state index in [1.165, 1.54) is 128 Å². The molecule has 0 radical (unpaired) electrons. The van der Waals surface area contributed by atoms with Crippen LogP contribution >= 0.6 is 0 Å². The monoisotopic (exact) mass is 667 g/mol. The molecule has 0 aliphatic carbocycles. The molecule has 0 amide bonds. The van der Waals surface area contributed by atoms with Gasteiger partial charge < -0.3 is 14.2 Å². The summed E-state index contributed by atoms with van der Waals surface area (Å²) in [7, 11) is 0. The summed E-state index contributed by atoms with van der Waals surface area (Å²) >= 11 is 0. The van der Waals surface area contributed by atoms with E-state index >= 15 is 0 Å². The molecule has 0 rings (SSSR count). The summed E-state index contributed by atoms with van der Waals surface area (Å²) in [5, 5.41) is 0. The van der Waals surface area contributed by atoms with E-state index in [1.807, 2.05) is 0 Å². The van der Waals surface area contributed by atoms with E-state index in [2.05, 4.69) is 20.8 Å². The molecule has 0 aliphatic rings. The van der Waals surface area contributed by atoms with Gasteiger partial charge in [-0.3, -0.25) is 14.4 Å². The number of ether oxygens (including phenoxy) is 3. The number of esters is 3. The molecule has 0 aliphatic heterocycles. The lowest BCUT2D eigenvalue weighted by molar-refractivity contribution is -0.167. The SMILES string of the molecule is CCCCCCCCCCCCCCC(=O)O[C@@H](COC(=O)CCCCCCCCC)COC(=O)CCCCCCCCCCCC. The quantitative estimate of drug-likeness (QED) is 0.0373. The van der Waals surface area contributed by atoms with Gasteiger partial charge in [0.05, 0.1) is 0 Å². The minimum absolute atomic E-state index is 0.0640. The highest BCUT2D eigenvalue weighted by atomic mass is 16.6. The van der Waals surface area contributed by atoms with Crippen LogP contribution in [-0.2, 0) is 28.6 Å². The Balaban J connectivity index is 4.31. The number of hydrogen-bond acceptors (Lipinski definition) is 6. The van der Waals surface area contributed by atoms with E-state index in [0.29, 0.717) is 19.3 Å². The predicted octanol–water partition coefficient (Wildman–Crippen LogP) is 12.5. The fourth-order valence-corrected chi connectivity index (χ4v) is 5.97. The van der Waals surface area contributed by atoms with Crippen LogP contribution in [0.3, 0.4) is 0 Å². The fourth-order valence-electron chi connectivity index (χ4n) is 5.97. The van der Waals surface area contributed by atoms with E-state index in [4.69, 9.17) is 14.2 Å². The number of carbonyl (C=O) groups excluding carboxylic acids is 3. The van der Waals surface area contributed by atoms with Gasteiger partial charge in [0.2, 0.25) is 0 Å². The standard InChI is InChI=1S/C41H78O6/c1-4-7-10-13-16-18-20-21-23-26-29-32-35-41(44)47-38(36-45-39(42)33-30-27-24-15-12-9-6-3)37-46-40(43)34-31-28-25-22-19-17-14-11-8-5-2/h38H,4-37H2,1-3H3/t38-/m0/s1. The largest absolute Gasteiger partial charge is 0.462 e. The molecule has 0 aromatic heterocycles. The Kier molecular flexibility index (Phi) is 36.0. The second-order valence-corrected chi connectivity index (χ2v) is 13.9. The van der Waals surface area contributed by atoms with E-state index in [0.717, 1.165) is 57.8 Å². The van der Waals surface area contributed by atoms with Gasteiger partial charge in [-0.1, -0.05) is 188 Å². The highest BCUT2D eigenvalue weighted by Crippen LogP contribution is 2.15. The van der Waals surface area contributed by atoms with E-state index in [9.17, 15) is 14.4 Å². The van der Waals surface area contributed by atoms with Crippen molar-refractivity contribution in [3.05, 3.63) is 0 Å². The van der Waals surface area contributed by atoms with Crippen LogP contribution < -0.4 is 0 Å². The molecule has 0 saturated heterocycles. The summed E-state index contributed by atoms with van der Waals surface area (Å²) in [5.41, 5.74) is 0. The molecule has 6 nitrogen and oxygen atoms in total. The van der Waals surface area contributed by atoms with Crippen molar-refractivity contribution in [1.29, 1.82) is 0 Å². The van der Waals surface area contributed by atoms with Crippen LogP contribution in [0.4, 0.5) is 0 Å². The maximum atomic E-state index is 12.6. The lowest BCUT2D eigenvalue weighted by Gasteiger charge is -2.18. The first-order chi connectivity index (χ1) is 23.0. The van der Waals surface area contributed by atoms with Crippen LogP contribution in [0.1, 0.15) is 226 Å². The van der Waals surface area contributed by atoms with E-state index < -0.39 is 6.10 Å². The van der Waals surface area contributed by atoms with Crippen molar-refractivity contribution in [1.82, 2.24) is 0 Å². The van der Waals surface area contributed by atoms with Crippen molar-refractivity contribution in [3.63, 3.8) is 0 Å². The van der Waals surface area contributed by atoms with Gasteiger partial charge in [-0.25, -0.2) is 0 Å². The Hall–Kier alpha value is -1.59. The molecule has 0 fully saturated rings. The molecule has 0 unspecified atom stereocenters. The molecule has 0 spiro atoms. The number of carbonyl (C=O) groups is 3. The van der Waals surface area contributed by atoms with Crippen LogP contribution in [0.2, 0.25) is 0 Å². The number of rotatable bonds is 37. The Labute approximate surface area is 291 Å². The maximum Gasteiger partial charge on any atom is 0.306 e. The molecule has 0 aromatic carbocycles. The van der Waals surface area contributed by atoms with Crippen LogP contribution in [0, 0.1) is 0 Å². The second kappa shape index (κ2) is 37.2. The molecular formula is C41H78O6. The zero-order chi connectivity index (χ0) is 34.5. The molecule has 0 saturated carbocycles. The van der Waals surface area contributed by atoms with Gasteiger partial charge in [-0.2, -0.15) is 0 Å². The van der Waals surface area contributed by atoms with Crippen LogP contribution in [0.5, 0.6) is 0 Å². The highest BCUT2D eigenvalue weighted by molar-refractivity contribution is 5.71. The maximum absolute atomic E-state index is 12.6. The van der Waals surface area contributed by atoms with Gasteiger partial charge >= 0.3 is 17.9 Å². The molecular weight excluding hydrogens is 588 g/mol. The van der Waals surface area contributed by atoms with Gasteiger partial charge in [0.25, 0.3) is 0 Å². The van der Waals surface area contributed by atoms with Crippen molar-refractivity contribution in [2.75, 3.05) is 13.2 Å². The van der Waals surface area contributed by atoms with E-state index in [1.54, 1.807) is 0 Å². The normalized spacial score (nSPS) is 11.8. The van der Waals surface area contributed by atoms with Crippen molar-refractivity contribution < 1.29 is 28.6 Å². The molecule has 278 valence electrons. The topological polar surface area (TPSA) is 78.9 Å². The Morgan fingerprint density at radius 2 is 0.574 bits per heavy atom. The molecule has 0 aromatic rings. The van der Waals surface area contributed by atoms with Gasteiger partial charge in [-0.15, -0.1) is 0 Å². The Bertz CT molecular complexity index is 693. The molecule has 1 atom stereocenters. The first-order valence-corrected chi connectivity index (χ1v) is 20.5. The summed E-state index contributed by atoms with van der Waals surface area (Å²) < 4.78 is 16.6. The second-order valence-electron chi connectivity index (χ2n) is 13.9. The third-order valence-electron chi connectivity index (χ3n) is 9.11. The molecule has 0 bridgehead atoms. The minimum atomic E-state index is -0.755. The summed E-state index contributed by atoms with van der Waals surface area (Å²) in [4.78, 5) is 37.4. The fraction of sp³-hybridized carbons (Fsp3) is 0.927. The lowest BCUT2D eigenvalue weighted by atomic mass is 10.0. The summed E-state index contributed by atoms with van der Waals surface area (Å²) in [6.45, 7) is 6.58. The zero-order valence-corrected chi connectivity index (χ0v) is 31.6. The summed E-state index contributed by atoms with van der Waals surface area (Å²) in [6, 6.07) is 0. The number of hydrogen-bond donors (Lipinski definition) is 0. The van der Waals surface area contributed by atoms with Crippen LogP contribution in [0.15, 0.2) is 0 Å². The molecule has 0 N–H and O–H groups in total. The third kappa shape index (κ3) is 35.5. The smallest absolute Gasteiger partial charge is 0.306 e. The first-order valence-electron chi connectivity index (χ1n) is 20.5. The average molecular weight is 667 g/mol. The van der Waals surface area contributed by atoms with Crippen molar-refractivity contribution >= 4 is 17.9 Å². The Morgan fingerprint density at radius 3 is 0.851 bits per heavy atom. The minimum Gasteiger partial charge on any atom is -0.462 e. The van der Waals surface area contributed by atoms with Gasteiger partial charge in [-0.05, 0) is 19.3 Å². The lowest BCUT2D eigenvalue weighted by Crippen LogP contribution is -2.30. The molecule has 0 heterocycles. The van der Waals surface area contributed by atoms with Crippen molar-refractivity contribution in [2.24, 2.45) is 0 Å². The van der Waals surface area contributed by atoms with E-state index in [-0.39, 0.29) is 31.1 Å². The van der Waals surface area contributed by atoms with Crippen molar-refractivity contribution in [2.45, 2.75) is 232 Å². The zero-order valence-electron chi connectivity index (χ0n) is 31.6. The number of unbranched alkanes of at least 4 members (excludes halogenated alkanes) is 26.